The highest BCUT2D eigenvalue weighted by Gasteiger charge is 2.44. The number of carbonyl (C=O) groups is 3. The van der Waals surface area contributed by atoms with Crippen molar-refractivity contribution in [1.82, 2.24) is 4.90 Å². The van der Waals surface area contributed by atoms with Crippen molar-refractivity contribution >= 4 is 52.3 Å². The van der Waals surface area contributed by atoms with Gasteiger partial charge >= 0.3 is 5.97 Å². The van der Waals surface area contributed by atoms with E-state index < -0.39 is 11.9 Å². The molecule has 0 saturated heterocycles. The fourth-order valence-electron chi connectivity index (χ4n) is 5.69. The molecule has 9 heteroatoms. The van der Waals surface area contributed by atoms with E-state index >= 15 is 0 Å². The topological polar surface area (TPSA) is 83.9 Å². The van der Waals surface area contributed by atoms with Crippen LogP contribution in [0, 0.1) is 0 Å². The Morgan fingerprint density at radius 2 is 1.50 bits per heavy atom. The van der Waals surface area contributed by atoms with Crippen molar-refractivity contribution in [2.24, 2.45) is 0 Å². The molecule has 3 aliphatic rings. The van der Waals surface area contributed by atoms with E-state index in [1.807, 2.05) is 17.0 Å². The molecular weight excluding hydrogens is 549 g/mol. The van der Waals surface area contributed by atoms with E-state index in [9.17, 15) is 19.5 Å². The number of hydrogen-bond donors (Lipinski definition) is 1. The number of nitrogens with zero attached hydrogens (tertiary/aromatic N) is 1. The van der Waals surface area contributed by atoms with Crippen LogP contribution in [0.5, 0.6) is 5.75 Å². The number of carbonyl (C=O) groups excluding carboxylic acids is 2. The Balaban J connectivity index is 1.66. The highest BCUT2D eigenvalue weighted by atomic mass is 35.5. The molecule has 0 amide bonds. The summed E-state index contributed by atoms with van der Waals surface area (Å²) < 4.78 is 6.25. The average molecular weight is 575 g/mol. The zero-order chi connectivity index (χ0) is 27.0. The number of hydrogen-bond acceptors (Lipinski definition) is 5. The van der Waals surface area contributed by atoms with Gasteiger partial charge in [0.15, 0.2) is 11.6 Å². The Kier molecular flexibility index (Phi) is 7.85. The average Bonchev–Trinajstić information content (AvgIpc) is 2.87. The smallest absolute Gasteiger partial charge is 0.305 e. The van der Waals surface area contributed by atoms with Crippen LogP contribution in [0.4, 0.5) is 0 Å². The maximum Gasteiger partial charge on any atom is 0.305 e. The largest absolute Gasteiger partial charge is 0.487 e. The quantitative estimate of drug-likeness (QED) is 0.379. The molecule has 2 aliphatic carbocycles. The van der Waals surface area contributed by atoms with E-state index in [1.165, 1.54) is 0 Å². The van der Waals surface area contributed by atoms with E-state index in [1.54, 1.807) is 24.3 Å². The zero-order valence-corrected chi connectivity index (χ0v) is 22.8. The van der Waals surface area contributed by atoms with Gasteiger partial charge in [-0.1, -0.05) is 46.9 Å². The molecule has 0 bridgehead atoms. The molecule has 0 unspecified atom stereocenters. The highest BCUT2D eigenvalue weighted by Crippen LogP contribution is 2.52. The molecule has 5 rings (SSSR count). The number of halogens is 3. The summed E-state index contributed by atoms with van der Waals surface area (Å²) in [6, 6.07) is 10.6. The number of benzene rings is 2. The third-order valence-electron chi connectivity index (χ3n) is 7.28. The third kappa shape index (κ3) is 5.22. The van der Waals surface area contributed by atoms with Gasteiger partial charge in [-0.05, 0) is 55.5 Å². The molecule has 2 aromatic carbocycles. The van der Waals surface area contributed by atoms with Crippen molar-refractivity contribution in [3.05, 3.63) is 85.1 Å². The van der Waals surface area contributed by atoms with Gasteiger partial charge in [0.25, 0.3) is 0 Å². The van der Waals surface area contributed by atoms with Crippen LogP contribution < -0.4 is 4.74 Å². The van der Waals surface area contributed by atoms with Gasteiger partial charge in [-0.3, -0.25) is 14.4 Å². The normalized spacial score (nSPS) is 18.0. The summed E-state index contributed by atoms with van der Waals surface area (Å²) in [4.78, 5) is 40.4. The van der Waals surface area contributed by atoms with E-state index in [0.717, 1.165) is 17.0 Å². The Hall–Kier alpha value is -2.80. The van der Waals surface area contributed by atoms with Gasteiger partial charge in [0.1, 0.15) is 12.4 Å². The van der Waals surface area contributed by atoms with Gasteiger partial charge < -0.3 is 14.7 Å². The molecule has 0 atom stereocenters. The zero-order valence-electron chi connectivity index (χ0n) is 20.6. The van der Waals surface area contributed by atoms with Crippen molar-refractivity contribution in [3.63, 3.8) is 0 Å². The summed E-state index contributed by atoms with van der Waals surface area (Å²) in [5.74, 6) is -1.36. The maximum absolute atomic E-state index is 13.5. The molecule has 198 valence electrons. The predicted octanol–water partition coefficient (Wildman–Crippen LogP) is 7.11. The van der Waals surface area contributed by atoms with Crippen LogP contribution >= 0.6 is 34.8 Å². The number of ketones is 2. The number of Topliss-reactive ketones (excluding diaryl/α,β-unsaturated/α-hetero) is 2. The lowest BCUT2D eigenvalue weighted by atomic mass is 9.70. The van der Waals surface area contributed by atoms with Crippen molar-refractivity contribution in [3.8, 4) is 5.75 Å². The minimum atomic E-state index is -0.930. The number of aliphatic carboxylic acids is 1. The number of carboxylic acids is 1. The molecule has 2 aromatic rings. The van der Waals surface area contributed by atoms with Gasteiger partial charge in [0, 0.05) is 63.5 Å². The monoisotopic (exact) mass is 573 g/mol. The minimum absolute atomic E-state index is 0.0544. The Morgan fingerprint density at radius 1 is 0.895 bits per heavy atom. The van der Waals surface area contributed by atoms with Gasteiger partial charge in [-0.25, -0.2) is 0 Å². The fourth-order valence-corrected chi connectivity index (χ4v) is 6.38. The van der Waals surface area contributed by atoms with Crippen LogP contribution in [0.15, 0.2) is 58.9 Å². The number of ether oxygens (including phenoxy) is 1. The van der Waals surface area contributed by atoms with E-state index in [4.69, 9.17) is 39.5 Å². The van der Waals surface area contributed by atoms with Gasteiger partial charge in [0.2, 0.25) is 0 Å². The second kappa shape index (κ2) is 11.1. The first-order chi connectivity index (χ1) is 18.2. The first-order valence-corrected chi connectivity index (χ1v) is 13.8. The first kappa shape index (κ1) is 26.8. The lowest BCUT2D eigenvalue weighted by Crippen LogP contribution is -2.40. The second-order valence-electron chi connectivity index (χ2n) is 9.72. The second-order valence-corrected chi connectivity index (χ2v) is 11.0. The molecule has 38 heavy (non-hydrogen) atoms. The molecule has 1 N–H and O–H groups in total. The molecule has 1 aliphatic heterocycles. The van der Waals surface area contributed by atoms with Crippen molar-refractivity contribution in [1.29, 1.82) is 0 Å². The molecular formula is C29H26Cl3NO5. The SMILES string of the molecule is O=C(O)CCN1C2=C(C(=O)CCC2)C(c2cc(Cl)cc(Cl)c2OCc2ccc(Cl)cc2)C2=C1CCCC2=O. The van der Waals surface area contributed by atoms with Crippen molar-refractivity contribution in [2.75, 3.05) is 6.54 Å². The van der Waals surface area contributed by atoms with Crippen LogP contribution in [0.25, 0.3) is 0 Å². The van der Waals surface area contributed by atoms with Crippen LogP contribution in [-0.4, -0.2) is 34.1 Å². The Bertz CT molecular complexity index is 1340. The number of allylic oxidation sites excluding steroid dienone is 4. The molecule has 0 aromatic heterocycles. The summed E-state index contributed by atoms with van der Waals surface area (Å²) >= 11 is 19.2. The molecule has 0 spiro atoms. The Labute approximate surface area is 235 Å². The van der Waals surface area contributed by atoms with Crippen LogP contribution in [0.1, 0.15) is 62.0 Å². The predicted molar refractivity (Wildman–Crippen MR) is 146 cm³/mol. The Morgan fingerprint density at radius 3 is 2.08 bits per heavy atom. The highest BCUT2D eigenvalue weighted by molar-refractivity contribution is 6.35. The number of carboxylic acid groups (broad SMARTS) is 1. The van der Waals surface area contributed by atoms with Crippen LogP contribution in [-0.2, 0) is 21.0 Å². The summed E-state index contributed by atoms with van der Waals surface area (Å²) in [6.45, 7) is 0.402. The summed E-state index contributed by atoms with van der Waals surface area (Å²) in [7, 11) is 0. The lowest BCUT2D eigenvalue weighted by molar-refractivity contribution is -0.137. The van der Waals surface area contributed by atoms with Crippen LogP contribution in [0.3, 0.4) is 0 Å². The van der Waals surface area contributed by atoms with Gasteiger partial charge in [-0.2, -0.15) is 0 Å². The van der Waals surface area contributed by atoms with Crippen LogP contribution in [0.2, 0.25) is 15.1 Å². The summed E-state index contributed by atoms with van der Waals surface area (Å²) in [5.41, 5.74) is 4.06. The van der Waals surface area contributed by atoms with Crippen molar-refractivity contribution < 1.29 is 24.2 Å². The van der Waals surface area contributed by atoms with E-state index in [0.29, 0.717) is 71.0 Å². The van der Waals surface area contributed by atoms with E-state index in [-0.39, 0.29) is 36.2 Å². The third-order valence-corrected chi connectivity index (χ3v) is 8.03. The minimum Gasteiger partial charge on any atom is -0.487 e. The lowest BCUT2D eigenvalue weighted by Gasteiger charge is -2.44. The first-order valence-electron chi connectivity index (χ1n) is 12.6. The van der Waals surface area contributed by atoms with Gasteiger partial charge in [-0.15, -0.1) is 0 Å². The summed E-state index contributed by atoms with van der Waals surface area (Å²) in [6.07, 6.45) is 3.19. The van der Waals surface area contributed by atoms with E-state index in [2.05, 4.69) is 0 Å². The molecule has 6 nitrogen and oxygen atoms in total. The molecule has 0 radical (unpaired) electrons. The van der Waals surface area contributed by atoms with Crippen molar-refractivity contribution in [2.45, 2.75) is 57.5 Å². The molecule has 0 fully saturated rings. The summed E-state index contributed by atoms with van der Waals surface area (Å²) in [5, 5.41) is 10.7. The number of rotatable bonds is 7. The maximum atomic E-state index is 13.5. The molecule has 1 heterocycles. The fraction of sp³-hybridized carbons (Fsp3) is 0.345. The standard InChI is InChI=1S/C29H26Cl3NO5/c30-17-9-7-16(8-10-17)15-38-29-19(13-18(31)14-20(29)32)26-27-21(3-1-5-23(27)34)33(12-11-25(36)37)22-4-2-6-24(35)28(22)26/h7-10,13-14,26H,1-6,11-12,15H2,(H,36,37). The molecule has 0 saturated carbocycles. The van der Waals surface area contributed by atoms with Gasteiger partial charge in [0.05, 0.1) is 11.4 Å².